The Morgan fingerprint density at radius 2 is 1.83 bits per heavy atom. The molecule has 0 aliphatic heterocycles. The number of ether oxygens (including phenoxy) is 2. The summed E-state index contributed by atoms with van der Waals surface area (Å²) in [7, 11) is 0. The summed E-state index contributed by atoms with van der Waals surface area (Å²) in [5, 5.41) is 2.80. The van der Waals surface area contributed by atoms with E-state index in [0.717, 1.165) is 37.7 Å². The molecular weight excluding hydrogens is 387 g/mol. The Labute approximate surface area is 176 Å². The Morgan fingerprint density at radius 3 is 2.43 bits per heavy atom. The smallest absolute Gasteiger partial charge is 0.250 e. The second-order valence-corrected chi connectivity index (χ2v) is 7.73. The molecule has 2 aromatic rings. The number of aryl methyl sites for hydroxylation is 1. The molecule has 1 aliphatic carbocycles. The highest BCUT2D eigenvalue weighted by Crippen LogP contribution is 2.27. The zero-order valence-corrected chi connectivity index (χ0v) is 17.7. The van der Waals surface area contributed by atoms with Gasteiger partial charge in [0.2, 0.25) is 5.91 Å². The van der Waals surface area contributed by atoms with Gasteiger partial charge in [-0.15, -0.1) is 0 Å². The Balaban J connectivity index is 1.49. The Kier molecular flexibility index (Phi) is 7.68. The summed E-state index contributed by atoms with van der Waals surface area (Å²) >= 11 is 0. The van der Waals surface area contributed by atoms with E-state index >= 15 is 0 Å². The van der Waals surface area contributed by atoms with Gasteiger partial charge in [-0.2, -0.15) is 0 Å². The van der Waals surface area contributed by atoms with Gasteiger partial charge in [0, 0.05) is 37.1 Å². The third-order valence-corrected chi connectivity index (χ3v) is 5.11. The maximum Gasteiger partial charge on any atom is 0.250 e. The van der Waals surface area contributed by atoms with Crippen molar-refractivity contribution in [3.05, 3.63) is 36.0 Å². The average Bonchev–Trinajstić information content (AvgIpc) is 2.74. The number of rotatable bonds is 8. The average molecular weight is 416 g/mol. The predicted octanol–water partition coefficient (Wildman–Crippen LogP) is 3.47. The van der Waals surface area contributed by atoms with Gasteiger partial charge in [-0.1, -0.05) is 6.92 Å². The summed E-state index contributed by atoms with van der Waals surface area (Å²) in [6.07, 6.45) is 9.09. The molecule has 8 heteroatoms. The lowest BCUT2D eigenvalue weighted by Crippen LogP contribution is -2.37. The van der Waals surface area contributed by atoms with Crippen molar-refractivity contribution < 1.29 is 18.7 Å². The normalized spacial score (nSPS) is 19.9. The molecule has 3 rings (SSSR count). The minimum absolute atomic E-state index is 0.00702. The first kappa shape index (κ1) is 22.1. The molecule has 0 spiro atoms. The quantitative estimate of drug-likeness (QED) is 0.709. The van der Waals surface area contributed by atoms with Gasteiger partial charge in [0.05, 0.1) is 12.7 Å². The Bertz CT molecular complexity index is 839. The van der Waals surface area contributed by atoms with Crippen LogP contribution in [-0.4, -0.2) is 45.7 Å². The number of hydrogen-bond acceptors (Lipinski definition) is 6. The fourth-order valence-electron chi connectivity index (χ4n) is 3.46. The topological polar surface area (TPSA) is 86.2 Å². The van der Waals surface area contributed by atoms with Gasteiger partial charge >= 0.3 is 0 Å². The van der Waals surface area contributed by atoms with Gasteiger partial charge in [0.1, 0.15) is 6.10 Å². The standard InChI is InChI=1S/C22H29FN4O3/c1-4-16-10-24-21(25-11-16)17-9-20(23)22(26-12-17)30-19-7-5-18(6-8-19)29-13-14(2)27-15(3)28/h9-12,14,18-19H,4-8,13H2,1-3H3,(H,27,28)/t14-,18?,19?/m0/s1. The van der Waals surface area contributed by atoms with Crippen LogP contribution in [0, 0.1) is 5.82 Å². The lowest BCUT2D eigenvalue weighted by molar-refractivity contribution is -0.120. The lowest BCUT2D eigenvalue weighted by Gasteiger charge is -2.29. The van der Waals surface area contributed by atoms with E-state index in [1.165, 1.54) is 19.2 Å². The number of aromatic nitrogens is 3. The van der Waals surface area contributed by atoms with Crippen molar-refractivity contribution in [3.63, 3.8) is 0 Å². The molecule has 2 heterocycles. The maximum absolute atomic E-state index is 14.5. The van der Waals surface area contributed by atoms with E-state index in [1.807, 2.05) is 13.8 Å². The van der Waals surface area contributed by atoms with Gasteiger partial charge < -0.3 is 14.8 Å². The third kappa shape index (κ3) is 6.19. The summed E-state index contributed by atoms with van der Waals surface area (Å²) in [5.41, 5.74) is 1.55. The van der Waals surface area contributed by atoms with E-state index in [9.17, 15) is 9.18 Å². The number of nitrogens with zero attached hydrogens (tertiary/aromatic N) is 3. The molecule has 30 heavy (non-hydrogen) atoms. The molecule has 1 N–H and O–H groups in total. The molecule has 0 saturated heterocycles. The molecule has 0 unspecified atom stereocenters. The molecule has 1 fully saturated rings. The summed E-state index contributed by atoms with van der Waals surface area (Å²) in [5.74, 6) is -0.129. The molecule has 1 atom stereocenters. The second kappa shape index (κ2) is 10.4. The minimum Gasteiger partial charge on any atom is -0.472 e. The highest BCUT2D eigenvalue weighted by Gasteiger charge is 2.25. The minimum atomic E-state index is -0.516. The van der Waals surface area contributed by atoms with Crippen LogP contribution in [0.15, 0.2) is 24.7 Å². The Morgan fingerprint density at radius 1 is 1.17 bits per heavy atom. The number of pyridine rings is 1. The van der Waals surface area contributed by atoms with Crippen molar-refractivity contribution in [1.82, 2.24) is 20.3 Å². The summed E-state index contributed by atoms with van der Waals surface area (Å²) in [6, 6.07) is 1.34. The van der Waals surface area contributed by atoms with Crippen LogP contribution in [0.2, 0.25) is 0 Å². The molecule has 162 valence electrons. The fraction of sp³-hybridized carbons (Fsp3) is 0.545. The number of amides is 1. The van der Waals surface area contributed by atoms with Gasteiger partial charge in [-0.05, 0) is 50.7 Å². The predicted molar refractivity (Wildman–Crippen MR) is 111 cm³/mol. The first-order valence-electron chi connectivity index (χ1n) is 10.5. The zero-order valence-electron chi connectivity index (χ0n) is 17.7. The Hall–Kier alpha value is -2.61. The van der Waals surface area contributed by atoms with Gasteiger partial charge in [-0.25, -0.2) is 19.3 Å². The van der Waals surface area contributed by atoms with Crippen molar-refractivity contribution >= 4 is 5.91 Å². The molecule has 1 amide bonds. The van der Waals surface area contributed by atoms with E-state index in [-0.39, 0.29) is 30.0 Å². The summed E-state index contributed by atoms with van der Waals surface area (Å²) in [4.78, 5) is 23.7. The van der Waals surface area contributed by atoms with Gasteiger partial charge in [0.25, 0.3) is 5.88 Å². The van der Waals surface area contributed by atoms with Gasteiger partial charge in [0.15, 0.2) is 11.6 Å². The first-order chi connectivity index (χ1) is 14.4. The van der Waals surface area contributed by atoms with Crippen molar-refractivity contribution in [2.75, 3.05) is 6.61 Å². The number of carbonyl (C=O) groups is 1. The highest BCUT2D eigenvalue weighted by atomic mass is 19.1. The van der Waals surface area contributed by atoms with Crippen LogP contribution < -0.4 is 10.1 Å². The number of nitrogens with one attached hydrogen (secondary N) is 1. The molecule has 0 radical (unpaired) electrons. The maximum atomic E-state index is 14.5. The van der Waals surface area contributed by atoms with Crippen LogP contribution in [-0.2, 0) is 16.0 Å². The van der Waals surface area contributed by atoms with Crippen molar-refractivity contribution in [2.24, 2.45) is 0 Å². The van der Waals surface area contributed by atoms with Crippen LogP contribution >= 0.6 is 0 Å². The molecule has 0 aromatic carbocycles. The van der Waals surface area contributed by atoms with Crippen LogP contribution in [0.1, 0.15) is 52.0 Å². The van der Waals surface area contributed by atoms with Crippen LogP contribution in [0.5, 0.6) is 5.88 Å². The van der Waals surface area contributed by atoms with Crippen LogP contribution in [0.3, 0.4) is 0 Å². The monoisotopic (exact) mass is 416 g/mol. The second-order valence-electron chi connectivity index (χ2n) is 7.73. The molecule has 7 nitrogen and oxygen atoms in total. The van der Waals surface area contributed by atoms with E-state index in [2.05, 4.69) is 20.3 Å². The zero-order chi connectivity index (χ0) is 21.5. The molecule has 1 saturated carbocycles. The van der Waals surface area contributed by atoms with Crippen molar-refractivity contribution in [2.45, 2.75) is 71.1 Å². The number of carbonyl (C=O) groups excluding carboxylic acids is 1. The van der Waals surface area contributed by atoms with Gasteiger partial charge in [-0.3, -0.25) is 4.79 Å². The lowest BCUT2D eigenvalue weighted by atomic mass is 9.95. The highest BCUT2D eigenvalue weighted by molar-refractivity contribution is 5.73. The molecule has 0 bridgehead atoms. The first-order valence-corrected chi connectivity index (χ1v) is 10.5. The summed E-state index contributed by atoms with van der Waals surface area (Å²) in [6.45, 7) is 5.91. The van der Waals surface area contributed by atoms with E-state index in [1.54, 1.807) is 12.4 Å². The van der Waals surface area contributed by atoms with Crippen LogP contribution in [0.4, 0.5) is 4.39 Å². The van der Waals surface area contributed by atoms with Crippen molar-refractivity contribution in [3.8, 4) is 17.3 Å². The number of hydrogen-bond donors (Lipinski definition) is 1. The van der Waals surface area contributed by atoms with Crippen LogP contribution in [0.25, 0.3) is 11.4 Å². The van der Waals surface area contributed by atoms with E-state index in [4.69, 9.17) is 9.47 Å². The fourth-order valence-corrected chi connectivity index (χ4v) is 3.46. The molecule has 1 aliphatic rings. The van der Waals surface area contributed by atoms with E-state index in [0.29, 0.717) is 18.0 Å². The molecule has 2 aromatic heterocycles. The van der Waals surface area contributed by atoms with E-state index < -0.39 is 5.82 Å². The molecular formula is C22H29FN4O3. The third-order valence-electron chi connectivity index (χ3n) is 5.11. The number of halogens is 1. The van der Waals surface area contributed by atoms with Crippen molar-refractivity contribution in [1.29, 1.82) is 0 Å². The SMILES string of the molecule is CCc1cnc(-c2cnc(OC3CCC(OC[C@H](C)NC(C)=O)CC3)c(F)c2)nc1. The summed E-state index contributed by atoms with van der Waals surface area (Å²) < 4.78 is 26.2. The largest absolute Gasteiger partial charge is 0.472 e.